The van der Waals surface area contributed by atoms with Crippen molar-refractivity contribution in [3.8, 4) is 28.5 Å². The van der Waals surface area contributed by atoms with Crippen LogP contribution in [0.3, 0.4) is 0 Å². The van der Waals surface area contributed by atoms with Crippen LogP contribution in [-0.2, 0) is 4.74 Å². The van der Waals surface area contributed by atoms with Gasteiger partial charge < -0.3 is 24.3 Å². The maximum Gasteiger partial charge on any atom is 0.197 e. The summed E-state index contributed by atoms with van der Waals surface area (Å²) < 4.78 is 25.1. The molecule has 0 radical (unpaired) electrons. The number of imidazole rings is 1. The standard InChI is InChI=1S/C23H27N3O4S/c1-5-30-16-7-8-19-20(14-16)31-23-25-21(22(26(19)23)24-9-6-10-27-2)15-11-17(28-3)13-18(12-15)29-4/h7-8,11-14,24H,5-6,9-10H2,1-4H3. The summed E-state index contributed by atoms with van der Waals surface area (Å²) in [4.78, 5) is 5.89. The largest absolute Gasteiger partial charge is 0.497 e. The first-order chi connectivity index (χ1) is 15.2. The van der Waals surface area contributed by atoms with Crippen molar-refractivity contribution in [2.45, 2.75) is 13.3 Å². The van der Waals surface area contributed by atoms with Crippen LogP contribution in [0.4, 0.5) is 5.82 Å². The molecule has 2 aromatic carbocycles. The highest BCUT2D eigenvalue weighted by Gasteiger charge is 2.20. The Hall–Kier alpha value is -2.97. The number of nitrogens with one attached hydrogen (secondary N) is 1. The molecule has 0 aliphatic carbocycles. The summed E-state index contributed by atoms with van der Waals surface area (Å²) in [6, 6.07) is 12.0. The number of anilines is 1. The minimum Gasteiger partial charge on any atom is -0.497 e. The zero-order valence-corrected chi connectivity index (χ0v) is 19.0. The van der Waals surface area contributed by atoms with Gasteiger partial charge in [0.2, 0.25) is 0 Å². The smallest absolute Gasteiger partial charge is 0.197 e. The second kappa shape index (κ2) is 9.45. The summed E-state index contributed by atoms with van der Waals surface area (Å²) in [7, 11) is 5.02. The van der Waals surface area contributed by atoms with Crippen molar-refractivity contribution >= 4 is 32.3 Å². The van der Waals surface area contributed by atoms with Gasteiger partial charge in [-0.15, -0.1) is 0 Å². The maximum atomic E-state index is 5.67. The summed E-state index contributed by atoms with van der Waals surface area (Å²) in [6.45, 7) is 4.09. The lowest BCUT2D eigenvalue weighted by Crippen LogP contribution is -2.07. The van der Waals surface area contributed by atoms with E-state index < -0.39 is 0 Å². The summed E-state index contributed by atoms with van der Waals surface area (Å²) in [5, 5.41) is 3.58. The quantitative estimate of drug-likeness (QED) is 0.346. The Morgan fingerprint density at radius 3 is 2.45 bits per heavy atom. The molecule has 0 spiro atoms. The predicted octanol–water partition coefficient (Wildman–Crippen LogP) is 5.08. The van der Waals surface area contributed by atoms with Crippen LogP contribution in [0.2, 0.25) is 0 Å². The molecule has 4 aromatic rings. The minimum atomic E-state index is 0.641. The fraction of sp³-hybridized carbons (Fsp3) is 0.348. The number of aromatic nitrogens is 2. The van der Waals surface area contributed by atoms with Crippen LogP contribution in [-0.4, -0.2) is 50.5 Å². The van der Waals surface area contributed by atoms with Gasteiger partial charge in [0.05, 0.1) is 31.0 Å². The van der Waals surface area contributed by atoms with E-state index in [1.165, 1.54) is 0 Å². The molecule has 7 nitrogen and oxygen atoms in total. The Kier molecular flexibility index (Phi) is 6.48. The first-order valence-corrected chi connectivity index (χ1v) is 11.0. The number of nitrogens with zero attached hydrogens (tertiary/aromatic N) is 2. The number of fused-ring (bicyclic) bond motifs is 3. The fourth-order valence-electron chi connectivity index (χ4n) is 3.54. The second-order valence-electron chi connectivity index (χ2n) is 6.97. The Morgan fingerprint density at radius 1 is 1.00 bits per heavy atom. The summed E-state index contributed by atoms with van der Waals surface area (Å²) in [5.41, 5.74) is 2.88. The van der Waals surface area contributed by atoms with Gasteiger partial charge in [0.15, 0.2) is 4.96 Å². The molecule has 1 N–H and O–H groups in total. The predicted molar refractivity (Wildman–Crippen MR) is 125 cm³/mol. The number of ether oxygens (including phenoxy) is 4. The first-order valence-electron chi connectivity index (χ1n) is 10.2. The van der Waals surface area contributed by atoms with E-state index in [1.54, 1.807) is 32.7 Å². The van der Waals surface area contributed by atoms with Crippen LogP contribution in [0.15, 0.2) is 36.4 Å². The zero-order chi connectivity index (χ0) is 21.8. The Balaban J connectivity index is 1.86. The van der Waals surface area contributed by atoms with Crippen LogP contribution >= 0.6 is 11.3 Å². The zero-order valence-electron chi connectivity index (χ0n) is 18.2. The molecule has 0 unspecified atom stereocenters. The number of rotatable bonds is 10. The highest BCUT2D eigenvalue weighted by Crippen LogP contribution is 2.39. The average molecular weight is 442 g/mol. The third-order valence-electron chi connectivity index (χ3n) is 4.97. The van der Waals surface area contributed by atoms with Crippen LogP contribution in [0.5, 0.6) is 17.2 Å². The third-order valence-corrected chi connectivity index (χ3v) is 5.98. The number of methoxy groups -OCH3 is 3. The van der Waals surface area contributed by atoms with E-state index in [4.69, 9.17) is 23.9 Å². The average Bonchev–Trinajstić information content (AvgIpc) is 3.32. The van der Waals surface area contributed by atoms with Crippen LogP contribution in [0, 0.1) is 0 Å². The van der Waals surface area contributed by atoms with Gasteiger partial charge in [0, 0.05) is 31.9 Å². The molecule has 0 saturated carbocycles. The number of thiazole rings is 1. The van der Waals surface area contributed by atoms with E-state index in [1.807, 2.05) is 31.2 Å². The molecular formula is C23H27N3O4S. The van der Waals surface area contributed by atoms with Gasteiger partial charge in [-0.25, -0.2) is 4.98 Å². The van der Waals surface area contributed by atoms with E-state index in [0.29, 0.717) is 13.2 Å². The lowest BCUT2D eigenvalue weighted by Gasteiger charge is -2.11. The Morgan fingerprint density at radius 2 is 1.77 bits per heavy atom. The molecule has 0 bridgehead atoms. The minimum absolute atomic E-state index is 0.641. The van der Waals surface area contributed by atoms with E-state index in [2.05, 4.69) is 21.9 Å². The van der Waals surface area contributed by atoms with Crippen molar-refractivity contribution in [3.05, 3.63) is 36.4 Å². The van der Waals surface area contributed by atoms with Crippen molar-refractivity contribution in [2.75, 3.05) is 46.4 Å². The van der Waals surface area contributed by atoms with Crippen molar-refractivity contribution in [1.82, 2.24) is 9.38 Å². The van der Waals surface area contributed by atoms with Gasteiger partial charge in [0.1, 0.15) is 28.8 Å². The first kappa shape index (κ1) is 21.3. The van der Waals surface area contributed by atoms with Gasteiger partial charge in [0.25, 0.3) is 0 Å². The second-order valence-corrected chi connectivity index (χ2v) is 7.98. The SMILES string of the molecule is CCOc1ccc2c(c1)sc1nc(-c3cc(OC)cc(OC)c3)c(NCCCOC)n12. The lowest BCUT2D eigenvalue weighted by atomic mass is 10.1. The van der Waals surface area contributed by atoms with E-state index in [9.17, 15) is 0 Å². The van der Waals surface area contributed by atoms with E-state index in [0.717, 1.165) is 62.5 Å². The highest BCUT2D eigenvalue weighted by atomic mass is 32.1. The topological polar surface area (TPSA) is 66.2 Å². The van der Waals surface area contributed by atoms with Gasteiger partial charge in [-0.05, 0) is 43.7 Å². The maximum absolute atomic E-state index is 5.67. The Labute approximate surface area is 185 Å². The summed E-state index contributed by atoms with van der Waals surface area (Å²) in [6.07, 6.45) is 0.890. The van der Waals surface area contributed by atoms with Crippen LogP contribution in [0.1, 0.15) is 13.3 Å². The summed E-state index contributed by atoms with van der Waals surface area (Å²) >= 11 is 1.64. The van der Waals surface area contributed by atoms with Crippen molar-refractivity contribution in [1.29, 1.82) is 0 Å². The van der Waals surface area contributed by atoms with Crippen molar-refractivity contribution in [3.63, 3.8) is 0 Å². The van der Waals surface area contributed by atoms with Gasteiger partial charge >= 0.3 is 0 Å². The lowest BCUT2D eigenvalue weighted by molar-refractivity contribution is 0.198. The molecule has 0 amide bonds. The fourth-order valence-corrected chi connectivity index (χ4v) is 4.59. The molecule has 2 heterocycles. The third kappa shape index (κ3) is 4.26. The molecule has 0 saturated heterocycles. The van der Waals surface area contributed by atoms with Gasteiger partial charge in [-0.3, -0.25) is 4.40 Å². The van der Waals surface area contributed by atoms with Crippen molar-refractivity contribution < 1.29 is 18.9 Å². The number of hydrogen-bond acceptors (Lipinski definition) is 7. The van der Waals surface area contributed by atoms with Crippen LogP contribution < -0.4 is 19.5 Å². The molecular weight excluding hydrogens is 414 g/mol. The molecule has 0 aliphatic heterocycles. The normalized spacial score (nSPS) is 11.2. The molecule has 164 valence electrons. The number of hydrogen-bond donors (Lipinski definition) is 1. The molecule has 4 rings (SSSR count). The molecule has 0 atom stereocenters. The number of benzene rings is 2. The molecule has 0 fully saturated rings. The molecule has 31 heavy (non-hydrogen) atoms. The monoisotopic (exact) mass is 441 g/mol. The highest BCUT2D eigenvalue weighted by molar-refractivity contribution is 7.23. The molecule has 0 aliphatic rings. The Bertz CT molecular complexity index is 1160. The van der Waals surface area contributed by atoms with Crippen molar-refractivity contribution in [2.24, 2.45) is 0 Å². The molecule has 2 aromatic heterocycles. The van der Waals surface area contributed by atoms with E-state index >= 15 is 0 Å². The van der Waals surface area contributed by atoms with Gasteiger partial charge in [-0.1, -0.05) is 11.3 Å². The van der Waals surface area contributed by atoms with Gasteiger partial charge in [-0.2, -0.15) is 0 Å². The van der Waals surface area contributed by atoms with Crippen LogP contribution in [0.25, 0.3) is 26.4 Å². The van der Waals surface area contributed by atoms with E-state index in [-0.39, 0.29) is 0 Å². The summed E-state index contributed by atoms with van der Waals surface area (Å²) in [5.74, 6) is 3.26. The molecule has 8 heteroatoms.